The van der Waals surface area contributed by atoms with Gasteiger partial charge in [-0.3, -0.25) is 0 Å². The predicted molar refractivity (Wildman–Crippen MR) is 63.8 cm³/mol. The summed E-state index contributed by atoms with van der Waals surface area (Å²) in [5, 5.41) is 9.01. The SMILES string of the molecule is Cc1c(N)cc(C#N)n1Cc1ccccc1. The molecule has 0 unspecified atom stereocenters. The van der Waals surface area contributed by atoms with Gasteiger partial charge in [0, 0.05) is 12.2 Å². The van der Waals surface area contributed by atoms with Gasteiger partial charge in [-0.15, -0.1) is 0 Å². The molecule has 0 saturated heterocycles. The van der Waals surface area contributed by atoms with Crippen LogP contribution in [0.2, 0.25) is 0 Å². The van der Waals surface area contributed by atoms with Crippen molar-refractivity contribution in [2.75, 3.05) is 5.73 Å². The van der Waals surface area contributed by atoms with E-state index in [1.807, 2.05) is 41.8 Å². The van der Waals surface area contributed by atoms with Crippen molar-refractivity contribution >= 4 is 5.69 Å². The van der Waals surface area contributed by atoms with Crippen LogP contribution in [-0.2, 0) is 6.54 Å². The summed E-state index contributed by atoms with van der Waals surface area (Å²) in [6, 6.07) is 13.9. The zero-order valence-electron chi connectivity index (χ0n) is 9.14. The lowest BCUT2D eigenvalue weighted by Crippen LogP contribution is -2.04. The first kappa shape index (κ1) is 10.3. The molecule has 1 aromatic heterocycles. The lowest BCUT2D eigenvalue weighted by molar-refractivity contribution is 0.766. The third kappa shape index (κ3) is 1.78. The number of nitrogen functional groups attached to an aromatic ring is 1. The number of nitrogens with two attached hydrogens (primary N) is 1. The van der Waals surface area contributed by atoms with E-state index >= 15 is 0 Å². The fraction of sp³-hybridized carbons (Fsp3) is 0.154. The minimum absolute atomic E-state index is 0.610. The standard InChI is InChI=1S/C13H13N3/c1-10-13(15)7-12(8-14)16(10)9-11-5-3-2-4-6-11/h2-7H,9,15H2,1H3. The second-order valence-corrected chi connectivity index (χ2v) is 3.75. The molecule has 2 aromatic rings. The molecule has 1 heterocycles. The highest BCUT2D eigenvalue weighted by Crippen LogP contribution is 2.18. The average molecular weight is 211 g/mol. The van der Waals surface area contributed by atoms with E-state index in [9.17, 15) is 0 Å². The Kier molecular flexibility index (Phi) is 2.65. The fourth-order valence-corrected chi connectivity index (χ4v) is 1.73. The largest absolute Gasteiger partial charge is 0.397 e. The van der Waals surface area contributed by atoms with Crippen molar-refractivity contribution in [1.29, 1.82) is 5.26 Å². The Balaban J connectivity index is 2.39. The zero-order valence-corrected chi connectivity index (χ0v) is 9.14. The maximum Gasteiger partial charge on any atom is 0.122 e. The number of nitrogens with zero attached hydrogens (tertiary/aromatic N) is 2. The van der Waals surface area contributed by atoms with E-state index in [4.69, 9.17) is 11.0 Å². The number of hydrogen-bond donors (Lipinski definition) is 1. The summed E-state index contributed by atoms with van der Waals surface area (Å²) < 4.78 is 1.94. The Morgan fingerprint density at radius 3 is 2.62 bits per heavy atom. The third-order valence-corrected chi connectivity index (χ3v) is 2.70. The molecule has 80 valence electrons. The maximum absolute atomic E-state index is 9.01. The summed E-state index contributed by atoms with van der Waals surface area (Å²) in [5.41, 5.74) is 9.19. The molecule has 0 amide bonds. The zero-order chi connectivity index (χ0) is 11.5. The lowest BCUT2D eigenvalue weighted by atomic mass is 10.2. The summed E-state index contributed by atoms with van der Waals surface area (Å²) >= 11 is 0. The van der Waals surface area contributed by atoms with Crippen LogP contribution in [0.15, 0.2) is 36.4 Å². The van der Waals surface area contributed by atoms with Gasteiger partial charge >= 0.3 is 0 Å². The molecule has 0 aliphatic rings. The van der Waals surface area contributed by atoms with Crippen LogP contribution in [0.3, 0.4) is 0 Å². The molecule has 0 radical (unpaired) electrons. The Labute approximate surface area is 94.7 Å². The molecular formula is C13H13N3. The highest BCUT2D eigenvalue weighted by atomic mass is 15.0. The van der Waals surface area contributed by atoms with Crippen molar-refractivity contribution in [1.82, 2.24) is 4.57 Å². The fourth-order valence-electron chi connectivity index (χ4n) is 1.73. The van der Waals surface area contributed by atoms with Gasteiger partial charge in [-0.05, 0) is 18.6 Å². The predicted octanol–water partition coefficient (Wildman–Crippen LogP) is 2.30. The van der Waals surface area contributed by atoms with E-state index in [0.717, 1.165) is 11.3 Å². The lowest BCUT2D eigenvalue weighted by Gasteiger charge is -2.07. The Morgan fingerprint density at radius 1 is 1.31 bits per heavy atom. The molecule has 2 N–H and O–H groups in total. The Morgan fingerprint density at radius 2 is 2.00 bits per heavy atom. The van der Waals surface area contributed by atoms with E-state index in [1.54, 1.807) is 6.07 Å². The van der Waals surface area contributed by atoms with Crippen LogP contribution >= 0.6 is 0 Å². The van der Waals surface area contributed by atoms with Gasteiger partial charge in [0.05, 0.1) is 5.69 Å². The van der Waals surface area contributed by atoms with Crippen LogP contribution in [0.1, 0.15) is 17.0 Å². The summed E-state index contributed by atoms with van der Waals surface area (Å²) in [7, 11) is 0. The van der Waals surface area contributed by atoms with Crippen LogP contribution in [0.5, 0.6) is 0 Å². The van der Waals surface area contributed by atoms with E-state index in [-0.39, 0.29) is 0 Å². The average Bonchev–Trinajstić information content (AvgIpc) is 2.58. The van der Waals surface area contributed by atoms with E-state index in [1.165, 1.54) is 0 Å². The second-order valence-electron chi connectivity index (χ2n) is 3.75. The summed E-state index contributed by atoms with van der Waals surface area (Å²) in [6.45, 7) is 2.62. The first-order valence-electron chi connectivity index (χ1n) is 5.12. The molecule has 0 fully saturated rings. The van der Waals surface area contributed by atoms with Crippen molar-refractivity contribution in [3.8, 4) is 6.07 Å². The van der Waals surface area contributed by atoms with E-state index < -0.39 is 0 Å². The number of hydrogen-bond acceptors (Lipinski definition) is 2. The normalized spacial score (nSPS) is 10.0. The highest BCUT2D eigenvalue weighted by molar-refractivity contribution is 5.50. The van der Waals surface area contributed by atoms with Crippen LogP contribution < -0.4 is 5.73 Å². The molecule has 2 rings (SSSR count). The van der Waals surface area contributed by atoms with Gasteiger partial charge in [0.15, 0.2) is 0 Å². The topological polar surface area (TPSA) is 54.7 Å². The molecule has 0 aliphatic carbocycles. The number of benzene rings is 1. The molecule has 0 bridgehead atoms. The van der Waals surface area contributed by atoms with Crippen molar-refractivity contribution in [2.45, 2.75) is 13.5 Å². The molecule has 16 heavy (non-hydrogen) atoms. The van der Waals surface area contributed by atoms with Crippen molar-refractivity contribution in [3.05, 3.63) is 53.3 Å². The van der Waals surface area contributed by atoms with E-state index in [2.05, 4.69) is 6.07 Å². The minimum Gasteiger partial charge on any atom is -0.397 e. The molecule has 0 aliphatic heterocycles. The summed E-state index contributed by atoms with van der Waals surface area (Å²) in [6.07, 6.45) is 0. The molecule has 0 spiro atoms. The highest BCUT2D eigenvalue weighted by Gasteiger charge is 2.09. The van der Waals surface area contributed by atoms with Gasteiger partial charge in [-0.2, -0.15) is 5.26 Å². The number of anilines is 1. The second kappa shape index (κ2) is 4.11. The van der Waals surface area contributed by atoms with Crippen LogP contribution in [0.25, 0.3) is 0 Å². The number of nitriles is 1. The maximum atomic E-state index is 9.01. The van der Waals surface area contributed by atoms with Crippen LogP contribution in [0, 0.1) is 18.3 Å². The summed E-state index contributed by atoms with van der Waals surface area (Å²) in [5.74, 6) is 0. The third-order valence-electron chi connectivity index (χ3n) is 2.70. The van der Waals surface area contributed by atoms with Crippen molar-refractivity contribution < 1.29 is 0 Å². The monoisotopic (exact) mass is 211 g/mol. The Bertz CT molecular complexity index is 532. The first-order valence-corrected chi connectivity index (χ1v) is 5.12. The number of rotatable bonds is 2. The quantitative estimate of drug-likeness (QED) is 0.828. The van der Waals surface area contributed by atoms with Gasteiger partial charge in [-0.25, -0.2) is 0 Å². The minimum atomic E-state index is 0.610. The molecular weight excluding hydrogens is 198 g/mol. The first-order chi connectivity index (χ1) is 7.72. The Hall–Kier alpha value is -2.21. The smallest absolute Gasteiger partial charge is 0.122 e. The van der Waals surface area contributed by atoms with Gasteiger partial charge in [0.2, 0.25) is 0 Å². The van der Waals surface area contributed by atoms with Crippen molar-refractivity contribution in [3.63, 3.8) is 0 Å². The van der Waals surface area contributed by atoms with Crippen molar-refractivity contribution in [2.24, 2.45) is 0 Å². The molecule has 1 aromatic carbocycles. The van der Waals surface area contributed by atoms with Crippen LogP contribution in [0.4, 0.5) is 5.69 Å². The van der Waals surface area contributed by atoms with Gasteiger partial charge in [-0.1, -0.05) is 30.3 Å². The summed E-state index contributed by atoms with van der Waals surface area (Å²) in [4.78, 5) is 0. The van der Waals surface area contributed by atoms with Crippen LogP contribution in [-0.4, -0.2) is 4.57 Å². The number of aromatic nitrogens is 1. The van der Waals surface area contributed by atoms with Gasteiger partial charge in [0.1, 0.15) is 11.8 Å². The van der Waals surface area contributed by atoms with Gasteiger partial charge < -0.3 is 10.3 Å². The molecule has 0 saturated carbocycles. The molecule has 3 heteroatoms. The van der Waals surface area contributed by atoms with E-state index in [0.29, 0.717) is 17.9 Å². The van der Waals surface area contributed by atoms with Gasteiger partial charge in [0.25, 0.3) is 0 Å². The molecule has 0 atom stereocenters. The molecule has 3 nitrogen and oxygen atoms in total.